The number of hydrogen-bond acceptors (Lipinski definition) is 4. The van der Waals surface area contributed by atoms with E-state index in [1.165, 1.54) is 0 Å². The molecule has 17 heavy (non-hydrogen) atoms. The first kappa shape index (κ1) is 14.0. The second-order valence-corrected chi connectivity index (χ2v) is 4.50. The maximum Gasteiger partial charge on any atom is 0.339 e. The molecule has 0 aliphatic rings. The third-order valence-corrected chi connectivity index (χ3v) is 3.17. The van der Waals surface area contributed by atoms with Crippen LogP contribution in [0.25, 0.3) is 0 Å². The summed E-state index contributed by atoms with van der Waals surface area (Å²) in [5.41, 5.74) is 6.65. The Bertz CT molecular complexity index is 395. The smallest absolute Gasteiger partial charge is 0.339 e. The zero-order valence-corrected chi connectivity index (χ0v) is 11.5. The van der Waals surface area contributed by atoms with E-state index < -0.39 is 0 Å². The van der Waals surface area contributed by atoms with Crippen molar-refractivity contribution in [3.63, 3.8) is 0 Å². The Labute approximate surface area is 109 Å². The highest BCUT2D eigenvalue weighted by atomic mass is 79.9. The van der Waals surface area contributed by atoms with Crippen LogP contribution in [0.15, 0.2) is 22.7 Å². The van der Waals surface area contributed by atoms with Crippen molar-refractivity contribution in [3.8, 4) is 0 Å². The molecule has 0 saturated carbocycles. The van der Waals surface area contributed by atoms with Gasteiger partial charge in [-0.15, -0.1) is 0 Å². The molecule has 1 aromatic carbocycles. The number of hydrogen-bond donors (Lipinski definition) is 1. The Morgan fingerprint density at radius 3 is 2.88 bits per heavy atom. The van der Waals surface area contributed by atoms with Crippen LogP contribution in [0.1, 0.15) is 23.7 Å². The molecule has 0 heterocycles. The van der Waals surface area contributed by atoms with Crippen molar-refractivity contribution < 1.29 is 14.3 Å². The lowest BCUT2D eigenvalue weighted by Crippen LogP contribution is -2.17. The van der Waals surface area contributed by atoms with Crippen molar-refractivity contribution in [1.29, 1.82) is 0 Å². The van der Waals surface area contributed by atoms with Gasteiger partial charge in [-0.1, -0.05) is 6.07 Å². The molecular formula is C12H16BrNO3. The molecule has 0 radical (unpaired) electrons. The molecule has 0 spiro atoms. The van der Waals surface area contributed by atoms with Crippen LogP contribution < -0.4 is 5.73 Å². The number of ether oxygens (including phenoxy) is 2. The topological polar surface area (TPSA) is 61.5 Å². The molecule has 0 aliphatic carbocycles. The zero-order chi connectivity index (χ0) is 12.8. The molecule has 94 valence electrons. The summed E-state index contributed by atoms with van der Waals surface area (Å²) in [7, 11) is 1.61. The third-order valence-electron chi connectivity index (χ3n) is 2.29. The minimum Gasteiger partial charge on any atom is -0.459 e. The van der Waals surface area contributed by atoms with E-state index in [2.05, 4.69) is 15.9 Å². The second-order valence-electron chi connectivity index (χ2n) is 3.71. The van der Waals surface area contributed by atoms with E-state index in [-0.39, 0.29) is 12.1 Å². The first-order chi connectivity index (χ1) is 8.06. The van der Waals surface area contributed by atoms with Gasteiger partial charge in [0.2, 0.25) is 0 Å². The Hall–Kier alpha value is -1.07. The maximum atomic E-state index is 11.8. The minimum atomic E-state index is -0.382. The van der Waals surface area contributed by atoms with Crippen LogP contribution in [0.5, 0.6) is 0 Å². The van der Waals surface area contributed by atoms with Gasteiger partial charge in [-0.25, -0.2) is 4.79 Å². The fourth-order valence-electron chi connectivity index (χ4n) is 1.30. The van der Waals surface area contributed by atoms with Gasteiger partial charge >= 0.3 is 5.97 Å². The van der Waals surface area contributed by atoms with E-state index in [4.69, 9.17) is 15.2 Å². The highest BCUT2D eigenvalue weighted by Crippen LogP contribution is 2.24. The molecule has 0 fully saturated rings. The summed E-state index contributed by atoms with van der Waals surface area (Å²) in [6.45, 7) is 2.39. The summed E-state index contributed by atoms with van der Waals surface area (Å²) in [5, 5.41) is 0. The van der Waals surface area contributed by atoms with Gasteiger partial charge in [-0.05, 0) is 35.0 Å². The monoisotopic (exact) mass is 301 g/mol. The number of carbonyl (C=O) groups excluding carboxylic acids is 1. The van der Waals surface area contributed by atoms with Crippen LogP contribution in [-0.4, -0.2) is 25.8 Å². The van der Waals surface area contributed by atoms with Crippen LogP contribution in [0.4, 0.5) is 5.69 Å². The largest absolute Gasteiger partial charge is 0.459 e. The van der Waals surface area contributed by atoms with E-state index in [9.17, 15) is 4.79 Å². The van der Waals surface area contributed by atoms with E-state index in [0.717, 1.165) is 0 Å². The summed E-state index contributed by atoms with van der Waals surface area (Å²) in [6.07, 6.45) is 0.484. The van der Waals surface area contributed by atoms with Crippen LogP contribution in [-0.2, 0) is 9.47 Å². The lowest BCUT2D eigenvalue weighted by atomic mass is 10.2. The maximum absolute atomic E-state index is 11.8. The van der Waals surface area contributed by atoms with E-state index in [1.807, 2.05) is 6.92 Å². The van der Waals surface area contributed by atoms with Crippen molar-refractivity contribution in [1.82, 2.24) is 0 Å². The molecule has 0 amide bonds. The molecule has 0 aromatic heterocycles. The summed E-state index contributed by atoms with van der Waals surface area (Å²) in [6, 6.07) is 5.11. The average molecular weight is 302 g/mol. The molecule has 0 saturated heterocycles. The number of methoxy groups -OCH3 is 1. The Morgan fingerprint density at radius 1 is 1.53 bits per heavy atom. The number of benzene rings is 1. The Balaban J connectivity index is 2.67. The summed E-state index contributed by atoms with van der Waals surface area (Å²) in [5.74, 6) is -0.382. The number of nitrogen functional groups attached to an aromatic ring is 1. The summed E-state index contributed by atoms with van der Waals surface area (Å²) in [4.78, 5) is 11.8. The van der Waals surface area contributed by atoms with Crippen molar-refractivity contribution in [2.75, 3.05) is 19.5 Å². The van der Waals surface area contributed by atoms with Crippen molar-refractivity contribution in [2.24, 2.45) is 0 Å². The van der Waals surface area contributed by atoms with Gasteiger partial charge in [0.25, 0.3) is 0 Å². The normalized spacial score (nSPS) is 12.2. The number of rotatable bonds is 5. The number of carbonyl (C=O) groups is 1. The summed E-state index contributed by atoms with van der Waals surface area (Å²) < 4.78 is 10.8. The predicted octanol–water partition coefficient (Wildman–Crippen LogP) is 2.61. The first-order valence-corrected chi connectivity index (χ1v) is 6.09. The zero-order valence-electron chi connectivity index (χ0n) is 9.90. The van der Waals surface area contributed by atoms with Crippen molar-refractivity contribution in [2.45, 2.75) is 19.4 Å². The predicted molar refractivity (Wildman–Crippen MR) is 69.9 cm³/mol. The van der Waals surface area contributed by atoms with Crippen molar-refractivity contribution in [3.05, 3.63) is 28.2 Å². The molecule has 1 unspecified atom stereocenters. The van der Waals surface area contributed by atoms with Crippen molar-refractivity contribution >= 4 is 27.6 Å². The number of nitrogens with two attached hydrogens (primary N) is 1. The van der Waals surface area contributed by atoms with Gasteiger partial charge in [0.05, 0.1) is 10.0 Å². The molecule has 4 nitrogen and oxygen atoms in total. The van der Waals surface area contributed by atoms with Gasteiger partial charge in [-0.2, -0.15) is 0 Å². The van der Waals surface area contributed by atoms with E-state index >= 15 is 0 Å². The minimum absolute atomic E-state index is 0.184. The average Bonchev–Trinajstić information content (AvgIpc) is 2.29. The van der Waals surface area contributed by atoms with Crippen LogP contribution in [0.3, 0.4) is 0 Å². The van der Waals surface area contributed by atoms with Crippen LogP contribution in [0, 0.1) is 0 Å². The van der Waals surface area contributed by atoms with Gasteiger partial charge in [-0.3, -0.25) is 0 Å². The molecule has 2 N–H and O–H groups in total. The molecule has 0 bridgehead atoms. The fraction of sp³-hybridized carbons (Fsp3) is 0.417. The highest BCUT2D eigenvalue weighted by Gasteiger charge is 2.15. The molecule has 1 rings (SSSR count). The Morgan fingerprint density at radius 2 is 2.24 bits per heavy atom. The van der Waals surface area contributed by atoms with Crippen LogP contribution in [0.2, 0.25) is 0 Å². The van der Waals surface area contributed by atoms with Gasteiger partial charge in [0, 0.05) is 25.8 Å². The van der Waals surface area contributed by atoms with E-state index in [0.29, 0.717) is 28.8 Å². The highest BCUT2D eigenvalue weighted by molar-refractivity contribution is 9.10. The standard InChI is InChI=1S/C12H16BrNO3/c1-8(6-7-16-2)17-12(15)9-4-3-5-10(14)11(9)13/h3-5,8H,6-7,14H2,1-2H3. The summed E-state index contributed by atoms with van der Waals surface area (Å²) >= 11 is 3.27. The lowest BCUT2D eigenvalue weighted by Gasteiger charge is -2.13. The van der Waals surface area contributed by atoms with Crippen LogP contribution >= 0.6 is 15.9 Å². The number of halogens is 1. The quantitative estimate of drug-likeness (QED) is 0.671. The molecular weight excluding hydrogens is 286 g/mol. The molecule has 5 heteroatoms. The fourth-order valence-corrected chi connectivity index (χ4v) is 1.72. The molecule has 1 atom stereocenters. The van der Waals surface area contributed by atoms with Gasteiger partial charge < -0.3 is 15.2 Å². The number of anilines is 1. The lowest BCUT2D eigenvalue weighted by molar-refractivity contribution is 0.0266. The van der Waals surface area contributed by atoms with Gasteiger partial charge in [0.15, 0.2) is 0 Å². The van der Waals surface area contributed by atoms with E-state index in [1.54, 1.807) is 25.3 Å². The Kier molecular flexibility index (Phi) is 5.44. The number of esters is 1. The third kappa shape index (κ3) is 4.02. The van der Waals surface area contributed by atoms with Gasteiger partial charge in [0.1, 0.15) is 6.10 Å². The second kappa shape index (κ2) is 6.61. The SMILES string of the molecule is COCCC(C)OC(=O)c1cccc(N)c1Br. The molecule has 1 aromatic rings. The molecule has 0 aliphatic heterocycles. The first-order valence-electron chi connectivity index (χ1n) is 5.30.